The van der Waals surface area contributed by atoms with Gasteiger partial charge in [-0.2, -0.15) is 0 Å². The van der Waals surface area contributed by atoms with Crippen molar-refractivity contribution in [1.29, 1.82) is 0 Å². The molecule has 0 amide bonds. The van der Waals surface area contributed by atoms with Crippen molar-refractivity contribution in [3.05, 3.63) is 171 Å². The van der Waals surface area contributed by atoms with E-state index in [0.29, 0.717) is 37.0 Å². The van der Waals surface area contributed by atoms with Crippen LogP contribution in [0, 0.1) is 79.8 Å². The van der Waals surface area contributed by atoms with Crippen LogP contribution in [0.25, 0.3) is 22.8 Å². The summed E-state index contributed by atoms with van der Waals surface area (Å²) in [6.45, 7) is 12.8. The van der Waals surface area contributed by atoms with Gasteiger partial charge in [-0.1, -0.05) is 173 Å². The number of aliphatic hydroxyl groups excluding tert-OH is 2. The topological polar surface area (TPSA) is 107 Å². The lowest BCUT2D eigenvalue weighted by Crippen LogP contribution is -2.70. The average molecular weight is 1130 g/mol. The first-order valence-corrected chi connectivity index (χ1v) is 33.2. The minimum atomic E-state index is -0.733. The number of ether oxygens (including phenoxy) is 1. The Morgan fingerprint density at radius 2 is 1.56 bits per heavy atom. The number of fused-ring (bicyclic) bond motifs is 2. The smallest absolute Gasteiger partial charge is 0.306 e. The Hall–Kier alpha value is -5.27. The SMILES string of the molecule is C=C(CC[C@@H](C(=O)O)[C@H]1[C@H](O)C[C@]23C4=C(C[C@H](CCC25CCC(Cc2ccc(CCOC)cc2)CC5)[C@]13C)[C@]12CC[C@H](O)[C@@]3(C)CC=C[C@@](C=C5C(Cc6cccc(-c7ccc(O)cc7)c6)=c6ccccc6=C[C@H]51)(C4)[C@@H]32)[C@@H](C)C1CCCCC1. The number of methoxy groups -OCH3 is 1. The molecule has 4 bridgehead atoms. The summed E-state index contributed by atoms with van der Waals surface area (Å²) in [6.07, 6.45) is 31.4. The van der Waals surface area contributed by atoms with Gasteiger partial charge in [-0.15, -0.1) is 0 Å². The van der Waals surface area contributed by atoms with E-state index in [2.05, 4.69) is 118 Å². The zero-order chi connectivity index (χ0) is 58.0. The van der Waals surface area contributed by atoms with Crippen molar-refractivity contribution in [1.82, 2.24) is 0 Å². The number of carboxylic acid groups (broad SMARTS) is 1. The van der Waals surface area contributed by atoms with Crippen LogP contribution in [-0.2, 0) is 28.8 Å². The molecule has 0 unspecified atom stereocenters. The molecule has 0 saturated heterocycles. The maximum atomic E-state index is 14.5. The maximum Gasteiger partial charge on any atom is 0.306 e. The second-order valence-electron chi connectivity index (χ2n) is 29.9. The molecule has 10 aliphatic rings. The lowest BCUT2D eigenvalue weighted by Gasteiger charge is -2.76. The van der Waals surface area contributed by atoms with Gasteiger partial charge in [-0.3, -0.25) is 4.79 Å². The lowest BCUT2D eigenvalue weighted by atomic mass is 9.27. The Labute approximate surface area is 501 Å². The minimum Gasteiger partial charge on any atom is -0.508 e. The standard InChI is InChI=1S/C78H94O6/c1-49(50(2)55-14-7-6-8-15-55)19-28-62(71(82)83)70-68(80)48-78-67-47-75-35-12-34-73(3)69(81)32-39-77(72(73)75,65-44-58-16-9-10-18-61(58)63(64(65)46-75)43-54-13-11-17-57(42-54)56-24-26-60(79)27-25-56)66(67)45-59(74(70,78)4)31-38-76(78)36-29-53(30-37-76)41-52-22-20-51(21-23-52)33-40-84-5/h9-13,16-18,20-27,35,42,44,46,50,53,55,59,62,65,68-70,72,79-81H,1,6-8,14-15,19,28-34,36-41,43,45,47-48H2,2-5H3,(H,82,83)/t50-,53?,59+,62-,65-,68-,69+,70+,72-,73-,74-,75-,76?,77+,78-/m1/s1. The number of allylic oxidation sites excluding steroid dienone is 7. The monoisotopic (exact) mass is 1130 g/mol. The van der Waals surface area contributed by atoms with Crippen LogP contribution < -0.4 is 10.4 Å². The summed E-state index contributed by atoms with van der Waals surface area (Å²) in [5.41, 5.74) is 11.7. The Balaban J connectivity index is 0.919. The fourth-order valence-electron chi connectivity index (χ4n) is 22.8. The van der Waals surface area contributed by atoms with Crippen molar-refractivity contribution in [2.75, 3.05) is 13.7 Å². The summed E-state index contributed by atoms with van der Waals surface area (Å²) in [5, 5.41) is 51.0. The Kier molecular flexibility index (Phi) is 14.3. The third-order valence-electron chi connectivity index (χ3n) is 26.5. The van der Waals surface area contributed by atoms with Gasteiger partial charge in [0.05, 0.1) is 24.7 Å². The molecule has 5 saturated carbocycles. The molecule has 0 radical (unpaired) electrons. The number of hydrogen-bond donors (Lipinski definition) is 4. The van der Waals surface area contributed by atoms with Gasteiger partial charge in [0, 0.05) is 40.6 Å². The highest BCUT2D eigenvalue weighted by atomic mass is 16.5. The number of aromatic hydroxyl groups is 1. The van der Waals surface area contributed by atoms with Gasteiger partial charge in [0.1, 0.15) is 5.75 Å². The molecule has 13 atom stereocenters. The summed E-state index contributed by atoms with van der Waals surface area (Å²) in [6, 6.07) is 35.0. The molecule has 84 heavy (non-hydrogen) atoms. The molecule has 6 heteroatoms. The molecule has 0 aliphatic heterocycles. The molecular formula is C78H94O6. The first-order valence-electron chi connectivity index (χ1n) is 33.2. The number of hydrogen-bond acceptors (Lipinski definition) is 5. The molecule has 442 valence electrons. The second-order valence-corrected chi connectivity index (χ2v) is 29.9. The van der Waals surface area contributed by atoms with Gasteiger partial charge in [-0.05, 0) is 224 Å². The number of rotatable bonds is 15. The molecule has 10 aliphatic carbocycles. The first kappa shape index (κ1) is 56.5. The van der Waals surface area contributed by atoms with Crippen LogP contribution in [0.5, 0.6) is 5.75 Å². The van der Waals surface area contributed by atoms with Gasteiger partial charge in [0.2, 0.25) is 0 Å². The molecular weight excluding hydrogens is 1030 g/mol. The number of benzene rings is 4. The molecule has 4 aromatic carbocycles. The van der Waals surface area contributed by atoms with E-state index in [1.165, 1.54) is 76.0 Å². The number of phenols is 1. The van der Waals surface area contributed by atoms with Crippen molar-refractivity contribution in [2.45, 2.75) is 174 Å². The van der Waals surface area contributed by atoms with Crippen LogP contribution >= 0.6 is 0 Å². The van der Waals surface area contributed by atoms with Crippen molar-refractivity contribution in [2.24, 2.45) is 79.8 Å². The van der Waals surface area contributed by atoms with Crippen LogP contribution in [-0.4, -0.2) is 52.3 Å². The van der Waals surface area contributed by atoms with Gasteiger partial charge in [0.15, 0.2) is 0 Å². The van der Waals surface area contributed by atoms with E-state index in [9.17, 15) is 25.2 Å². The summed E-state index contributed by atoms with van der Waals surface area (Å²) >= 11 is 0. The van der Waals surface area contributed by atoms with Gasteiger partial charge in [-0.25, -0.2) is 0 Å². The van der Waals surface area contributed by atoms with Crippen molar-refractivity contribution in [3.8, 4) is 16.9 Å². The van der Waals surface area contributed by atoms with Crippen LogP contribution in [0.2, 0.25) is 0 Å². The van der Waals surface area contributed by atoms with Gasteiger partial charge >= 0.3 is 5.97 Å². The molecule has 0 aromatic heterocycles. The van der Waals surface area contributed by atoms with Gasteiger partial charge < -0.3 is 25.2 Å². The minimum absolute atomic E-state index is 0.0862. The molecule has 0 heterocycles. The third kappa shape index (κ3) is 8.49. The number of phenolic OH excluding ortho intramolecular Hbond substituents is 1. The Bertz CT molecular complexity index is 3440. The van der Waals surface area contributed by atoms with Gasteiger partial charge in [0.25, 0.3) is 0 Å². The lowest BCUT2D eigenvalue weighted by molar-refractivity contribution is -0.198. The molecule has 4 N–H and O–H groups in total. The number of carboxylic acids is 1. The van der Waals surface area contributed by atoms with Crippen LogP contribution in [0.1, 0.15) is 159 Å². The summed E-state index contributed by atoms with van der Waals surface area (Å²) in [7, 11) is 1.77. The van der Waals surface area contributed by atoms with Crippen molar-refractivity contribution < 1.29 is 30.0 Å². The van der Waals surface area contributed by atoms with E-state index in [1.54, 1.807) is 30.4 Å². The van der Waals surface area contributed by atoms with Crippen LogP contribution in [0.3, 0.4) is 0 Å². The highest BCUT2D eigenvalue weighted by Crippen LogP contribution is 2.86. The molecule has 14 rings (SSSR count). The van der Waals surface area contributed by atoms with Crippen LogP contribution in [0.4, 0.5) is 0 Å². The maximum absolute atomic E-state index is 14.5. The second kappa shape index (κ2) is 21.3. The van der Waals surface area contributed by atoms with E-state index in [-0.39, 0.29) is 45.7 Å². The number of aliphatic hydroxyl groups is 2. The zero-order valence-corrected chi connectivity index (χ0v) is 50.9. The average Bonchev–Trinajstić information content (AvgIpc) is 1.09. The van der Waals surface area contributed by atoms with E-state index in [0.717, 1.165) is 108 Å². The zero-order valence-electron chi connectivity index (χ0n) is 50.9. The third-order valence-corrected chi connectivity index (χ3v) is 26.5. The van der Waals surface area contributed by atoms with Crippen molar-refractivity contribution >= 4 is 17.6 Å². The normalized spacial score (nSPS) is 37.0. The molecule has 1 spiro atoms. The Morgan fingerprint density at radius 1 is 0.810 bits per heavy atom. The quantitative estimate of drug-likeness (QED) is 0.0884. The summed E-state index contributed by atoms with van der Waals surface area (Å²) in [5.74, 6) is 0.545. The van der Waals surface area contributed by atoms with E-state index in [4.69, 9.17) is 11.3 Å². The largest absolute Gasteiger partial charge is 0.508 e. The molecule has 6 nitrogen and oxygen atoms in total. The fraction of sp³-hybridized carbons (Fsp3) is 0.551. The van der Waals surface area contributed by atoms with Crippen molar-refractivity contribution in [3.63, 3.8) is 0 Å². The molecule has 5 fully saturated rings. The highest BCUT2D eigenvalue weighted by Gasteiger charge is 2.80. The van der Waals surface area contributed by atoms with Crippen LogP contribution in [0.15, 0.2) is 144 Å². The molecule has 4 aromatic rings. The predicted molar refractivity (Wildman–Crippen MR) is 337 cm³/mol. The summed E-state index contributed by atoms with van der Waals surface area (Å²) < 4.78 is 5.42. The van der Waals surface area contributed by atoms with E-state index < -0.39 is 40.3 Å². The fourth-order valence-corrected chi connectivity index (χ4v) is 22.8. The highest BCUT2D eigenvalue weighted by molar-refractivity contribution is 5.77. The first-order chi connectivity index (χ1) is 40.6. The predicted octanol–water partition coefficient (Wildman–Crippen LogP) is 15.3. The Morgan fingerprint density at radius 3 is 2.32 bits per heavy atom. The van der Waals surface area contributed by atoms with E-state index >= 15 is 0 Å². The number of aliphatic carboxylic acids is 1. The number of carbonyl (C=O) groups is 1. The summed E-state index contributed by atoms with van der Waals surface area (Å²) in [4.78, 5) is 14.5. The van der Waals surface area contributed by atoms with E-state index in [1.807, 2.05) is 12.1 Å².